The molecule has 1 amide bonds. The van der Waals surface area contributed by atoms with E-state index in [9.17, 15) is 17.6 Å². The van der Waals surface area contributed by atoms with Crippen LogP contribution in [0.15, 0.2) is 48.5 Å². The summed E-state index contributed by atoms with van der Waals surface area (Å²) in [6.07, 6.45) is 1.23. The Kier molecular flexibility index (Phi) is 6.84. The second-order valence-corrected chi connectivity index (χ2v) is 8.49. The van der Waals surface area contributed by atoms with E-state index >= 15 is 0 Å². The van der Waals surface area contributed by atoms with Crippen LogP contribution in [0.5, 0.6) is 0 Å². The second kappa shape index (κ2) is 8.71. The number of rotatable bonds is 7. The van der Waals surface area contributed by atoms with Crippen molar-refractivity contribution in [1.29, 1.82) is 0 Å². The monoisotopic (exact) mass is 412 g/mol. The minimum Gasteiger partial charge on any atom is -0.348 e. The number of carbonyl (C=O) groups is 1. The summed E-state index contributed by atoms with van der Waals surface area (Å²) >= 11 is 5.80. The van der Waals surface area contributed by atoms with Gasteiger partial charge in [-0.1, -0.05) is 48.9 Å². The van der Waals surface area contributed by atoms with Crippen LogP contribution in [0.4, 0.5) is 10.1 Å². The molecule has 1 N–H and O–H groups in total. The molecule has 2 aromatic carbocycles. The predicted octanol–water partition coefficient (Wildman–Crippen LogP) is 3.90. The van der Waals surface area contributed by atoms with Crippen LogP contribution in [-0.4, -0.2) is 26.6 Å². The maximum atomic E-state index is 13.5. The number of hydrogen-bond acceptors (Lipinski definition) is 3. The molecule has 0 bridgehead atoms. The van der Waals surface area contributed by atoms with Gasteiger partial charge in [0.25, 0.3) is 0 Å². The van der Waals surface area contributed by atoms with Crippen LogP contribution in [0.25, 0.3) is 0 Å². The predicted molar refractivity (Wildman–Crippen MR) is 106 cm³/mol. The smallest absolute Gasteiger partial charge is 0.244 e. The molecule has 0 fully saturated rings. The lowest BCUT2D eigenvalue weighted by Crippen LogP contribution is -2.49. The van der Waals surface area contributed by atoms with Crippen molar-refractivity contribution in [2.75, 3.05) is 10.6 Å². The summed E-state index contributed by atoms with van der Waals surface area (Å²) in [5.74, 6) is -1.11. The Bertz CT molecular complexity index is 906. The van der Waals surface area contributed by atoms with E-state index in [1.807, 2.05) is 37.3 Å². The Morgan fingerprint density at radius 2 is 1.85 bits per heavy atom. The highest BCUT2D eigenvalue weighted by atomic mass is 35.5. The van der Waals surface area contributed by atoms with E-state index in [0.717, 1.165) is 22.2 Å². The van der Waals surface area contributed by atoms with Crippen LogP contribution in [0.3, 0.4) is 0 Å². The summed E-state index contributed by atoms with van der Waals surface area (Å²) < 4.78 is 39.3. The molecule has 0 spiro atoms. The van der Waals surface area contributed by atoms with Gasteiger partial charge in [0.05, 0.1) is 23.0 Å². The van der Waals surface area contributed by atoms with Gasteiger partial charge in [0, 0.05) is 0 Å². The lowest BCUT2D eigenvalue weighted by molar-refractivity contribution is -0.122. The number of carbonyl (C=O) groups excluding carboxylic acids is 1. The molecule has 0 saturated heterocycles. The number of nitrogens with one attached hydrogen (secondary N) is 1. The Morgan fingerprint density at radius 3 is 2.37 bits per heavy atom. The summed E-state index contributed by atoms with van der Waals surface area (Å²) in [7, 11) is -3.81. The normalized spacial score (nSPS) is 13.7. The molecule has 0 aliphatic rings. The highest BCUT2D eigenvalue weighted by Gasteiger charge is 2.32. The van der Waals surface area contributed by atoms with E-state index in [1.165, 1.54) is 12.1 Å². The summed E-state index contributed by atoms with van der Waals surface area (Å²) in [4.78, 5) is 12.8. The van der Waals surface area contributed by atoms with Gasteiger partial charge in [-0.25, -0.2) is 12.8 Å². The molecule has 2 rings (SSSR count). The molecule has 8 heteroatoms. The Hall–Kier alpha value is -2.12. The van der Waals surface area contributed by atoms with Gasteiger partial charge in [-0.15, -0.1) is 0 Å². The number of anilines is 1. The van der Waals surface area contributed by atoms with E-state index in [0.29, 0.717) is 0 Å². The molecule has 0 saturated carbocycles. The average molecular weight is 413 g/mol. The molecule has 0 aromatic heterocycles. The molecule has 5 nitrogen and oxygen atoms in total. The number of benzene rings is 2. The summed E-state index contributed by atoms with van der Waals surface area (Å²) in [5.41, 5.74) is 1.04. The number of sulfonamides is 1. The maximum Gasteiger partial charge on any atom is 0.244 e. The van der Waals surface area contributed by atoms with Crippen molar-refractivity contribution in [2.45, 2.75) is 32.4 Å². The van der Waals surface area contributed by atoms with Crippen LogP contribution in [-0.2, 0) is 14.8 Å². The van der Waals surface area contributed by atoms with Crippen molar-refractivity contribution < 1.29 is 17.6 Å². The number of nitrogens with zero attached hydrogens (tertiary/aromatic N) is 1. The first kappa shape index (κ1) is 21.2. The lowest BCUT2D eigenvalue weighted by atomic mass is 10.1. The lowest BCUT2D eigenvalue weighted by Gasteiger charge is -2.31. The van der Waals surface area contributed by atoms with Gasteiger partial charge in [0.15, 0.2) is 0 Å². The zero-order valence-electron chi connectivity index (χ0n) is 15.3. The molecule has 146 valence electrons. The van der Waals surface area contributed by atoms with Crippen LogP contribution in [0.2, 0.25) is 5.02 Å². The molecule has 2 atom stereocenters. The van der Waals surface area contributed by atoms with Gasteiger partial charge in [0.1, 0.15) is 11.9 Å². The zero-order chi connectivity index (χ0) is 20.2. The van der Waals surface area contributed by atoms with Gasteiger partial charge in [-0.3, -0.25) is 9.10 Å². The van der Waals surface area contributed by atoms with Gasteiger partial charge in [-0.2, -0.15) is 0 Å². The Balaban J connectivity index is 2.34. The van der Waals surface area contributed by atoms with Crippen molar-refractivity contribution in [3.8, 4) is 0 Å². The molecular weight excluding hydrogens is 391 g/mol. The summed E-state index contributed by atoms with van der Waals surface area (Å²) in [6.45, 7) is 3.53. The van der Waals surface area contributed by atoms with E-state index in [1.54, 1.807) is 6.92 Å². The second-order valence-electron chi connectivity index (χ2n) is 6.22. The zero-order valence-corrected chi connectivity index (χ0v) is 16.9. The van der Waals surface area contributed by atoms with Gasteiger partial charge in [-0.05, 0) is 37.1 Å². The largest absolute Gasteiger partial charge is 0.348 e. The van der Waals surface area contributed by atoms with Crippen LogP contribution in [0, 0.1) is 5.82 Å². The topological polar surface area (TPSA) is 66.5 Å². The summed E-state index contributed by atoms with van der Waals surface area (Å²) in [6, 6.07) is 11.6. The molecule has 27 heavy (non-hydrogen) atoms. The quantitative estimate of drug-likeness (QED) is 0.749. The van der Waals surface area contributed by atoms with Crippen LogP contribution in [0.1, 0.15) is 31.9 Å². The van der Waals surface area contributed by atoms with Crippen molar-refractivity contribution in [3.63, 3.8) is 0 Å². The minimum atomic E-state index is -3.81. The fourth-order valence-electron chi connectivity index (χ4n) is 2.82. The third kappa shape index (κ3) is 5.20. The van der Waals surface area contributed by atoms with Crippen molar-refractivity contribution in [2.24, 2.45) is 0 Å². The van der Waals surface area contributed by atoms with E-state index in [4.69, 9.17) is 11.6 Å². The third-order valence-electron chi connectivity index (χ3n) is 4.15. The Labute approximate surface area is 164 Å². The average Bonchev–Trinajstić information content (AvgIpc) is 2.61. The third-order valence-corrected chi connectivity index (χ3v) is 5.62. The van der Waals surface area contributed by atoms with Crippen molar-refractivity contribution in [3.05, 3.63) is 64.9 Å². The molecule has 1 unspecified atom stereocenters. The van der Waals surface area contributed by atoms with E-state index in [2.05, 4.69) is 5.32 Å². The number of hydrogen-bond donors (Lipinski definition) is 1. The van der Waals surface area contributed by atoms with Crippen molar-refractivity contribution in [1.82, 2.24) is 5.32 Å². The first-order valence-electron chi connectivity index (χ1n) is 8.45. The molecule has 0 heterocycles. The maximum absolute atomic E-state index is 13.5. The Morgan fingerprint density at radius 1 is 1.22 bits per heavy atom. The SMILES string of the molecule is CCC(C(=O)N[C@H](C)c1ccccc1)N(c1ccc(F)c(Cl)c1)S(C)(=O)=O. The molecule has 0 radical (unpaired) electrons. The number of halogens is 2. The minimum absolute atomic E-state index is 0.137. The first-order valence-corrected chi connectivity index (χ1v) is 10.7. The molecule has 0 aliphatic carbocycles. The van der Waals surface area contributed by atoms with Gasteiger partial charge < -0.3 is 5.32 Å². The summed E-state index contributed by atoms with van der Waals surface area (Å²) in [5, 5.41) is 2.63. The number of amides is 1. The standard InChI is InChI=1S/C19H22ClFN2O3S/c1-4-18(19(24)22-13(2)14-8-6-5-7-9-14)23(27(3,25)26)15-10-11-17(21)16(20)12-15/h5-13,18H,4H2,1-3H3,(H,22,24)/t13-,18?/m1/s1. The van der Waals surface area contributed by atoms with Crippen LogP contribution < -0.4 is 9.62 Å². The van der Waals surface area contributed by atoms with Crippen molar-refractivity contribution >= 4 is 33.2 Å². The molecule has 2 aromatic rings. The van der Waals surface area contributed by atoms with E-state index in [-0.39, 0.29) is 23.2 Å². The highest BCUT2D eigenvalue weighted by molar-refractivity contribution is 7.92. The van der Waals surface area contributed by atoms with Gasteiger partial charge >= 0.3 is 0 Å². The van der Waals surface area contributed by atoms with Gasteiger partial charge in [0.2, 0.25) is 15.9 Å². The highest BCUT2D eigenvalue weighted by Crippen LogP contribution is 2.27. The van der Waals surface area contributed by atoms with Crippen LogP contribution >= 0.6 is 11.6 Å². The fraction of sp³-hybridized carbons (Fsp3) is 0.316. The van der Waals surface area contributed by atoms with E-state index < -0.39 is 27.8 Å². The molecular formula is C19H22ClFN2O3S. The molecule has 0 aliphatic heterocycles. The fourth-order valence-corrected chi connectivity index (χ4v) is 4.20. The first-order chi connectivity index (χ1) is 12.6.